The number of nitrogens with one attached hydrogen (secondary N) is 2. The van der Waals surface area contributed by atoms with Crippen molar-refractivity contribution in [3.8, 4) is 0 Å². The topological polar surface area (TPSA) is 49.3 Å². The smallest absolute Gasteiger partial charge is 0.190 e. The van der Waals surface area contributed by atoms with Crippen LogP contribution in [0.5, 0.6) is 0 Å². The molecular weight excluding hydrogens is 232 g/mol. The predicted molar refractivity (Wildman–Crippen MR) is 74.8 cm³/mol. The molecule has 0 amide bonds. The zero-order valence-electron chi connectivity index (χ0n) is 10.9. The van der Waals surface area contributed by atoms with Crippen molar-refractivity contribution >= 4 is 17.3 Å². The summed E-state index contributed by atoms with van der Waals surface area (Å²) < 4.78 is 0. The van der Waals surface area contributed by atoms with Gasteiger partial charge in [-0.25, -0.2) is 4.98 Å². The van der Waals surface area contributed by atoms with Gasteiger partial charge in [0, 0.05) is 31.9 Å². The van der Waals surface area contributed by atoms with Crippen LogP contribution in [-0.4, -0.2) is 31.1 Å². The van der Waals surface area contributed by atoms with Gasteiger partial charge in [-0.3, -0.25) is 4.99 Å². The molecular formula is C12H22N4S. The Morgan fingerprint density at radius 3 is 2.76 bits per heavy atom. The quantitative estimate of drug-likeness (QED) is 0.463. The normalized spacial score (nSPS) is 11.6. The second kappa shape index (κ2) is 8.06. The van der Waals surface area contributed by atoms with Crippen LogP contribution in [-0.2, 0) is 6.42 Å². The Morgan fingerprint density at radius 1 is 1.41 bits per heavy atom. The lowest BCUT2D eigenvalue weighted by Crippen LogP contribution is -2.38. The summed E-state index contributed by atoms with van der Waals surface area (Å²) in [5.41, 5.74) is 1.16. The van der Waals surface area contributed by atoms with E-state index in [1.54, 1.807) is 18.4 Å². The van der Waals surface area contributed by atoms with E-state index in [4.69, 9.17) is 0 Å². The van der Waals surface area contributed by atoms with Crippen molar-refractivity contribution in [1.82, 2.24) is 15.6 Å². The largest absolute Gasteiger partial charge is 0.356 e. The Bertz CT molecular complexity index is 346. The number of hydrogen-bond acceptors (Lipinski definition) is 3. The van der Waals surface area contributed by atoms with Crippen LogP contribution in [0, 0.1) is 6.92 Å². The molecule has 5 heteroatoms. The number of hydrogen-bond donors (Lipinski definition) is 2. The number of nitrogens with zero attached hydrogens (tertiary/aromatic N) is 2. The molecule has 0 fully saturated rings. The molecule has 0 saturated carbocycles. The van der Waals surface area contributed by atoms with E-state index in [1.165, 1.54) is 12.8 Å². The fourth-order valence-electron chi connectivity index (χ4n) is 1.44. The highest BCUT2D eigenvalue weighted by Crippen LogP contribution is 2.07. The molecule has 0 bridgehead atoms. The summed E-state index contributed by atoms with van der Waals surface area (Å²) in [6, 6.07) is 0. The minimum atomic E-state index is 0.870. The highest BCUT2D eigenvalue weighted by Gasteiger charge is 1.99. The van der Waals surface area contributed by atoms with Crippen LogP contribution in [0.25, 0.3) is 0 Å². The second-order valence-corrected chi connectivity index (χ2v) is 4.95. The molecule has 1 rings (SSSR count). The summed E-state index contributed by atoms with van der Waals surface area (Å²) in [4.78, 5) is 8.60. The van der Waals surface area contributed by atoms with E-state index >= 15 is 0 Å². The molecule has 17 heavy (non-hydrogen) atoms. The number of guanidine groups is 1. The Labute approximate surface area is 108 Å². The number of unbranched alkanes of at least 4 members (excludes halogenated alkanes) is 1. The Morgan fingerprint density at radius 2 is 2.18 bits per heavy atom. The van der Waals surface area contributed by atoms with Gasteiger partial charge in [0.25, 0.3) is 0 Å². The van der Waals surface area contributed by atoms with Crippen molar-refractivity contribution in [3.05, 3.63) is 16.1 Å². The maximum atomic E-state index is 4.43. The van der Waals surface area contributed by atoms with Crippen LogP contribution in [0.3, 0.4) is 0 Å². The summed E-state index contributed by atoms with van der Waals surface area (Å²) in [7, 11) is 1.80. The van der Waals surface area contributed by atoms with E-state index in [1.807, 2.05) is 6.92 Å². The van der Waals surface area contributed by atoms with Gasteiger partial charge < -0.3 is 10.6 Å². The summed E-state index contributed by atoms with van der Waals surface area (Å²) in [5.74, 6) is 0.880. The summed E-state index contributed by atoms with van der Waals surface area (Å²) >= 11 is 1.70. The van der Waals surface area contributed by atoms with Gasteiger partial charge in [-0.15, -0.1) is 11.3 Å². The first kappa shape index (κ1) is 14.0. The monoisotopic (exact) mass is 254 g/mol. The fraction of sp³-hybridized carbons (Fsp3) is 0.667. The number of aromatic nitrogens is 1. The summed E-state index contributed by atoms with van der Waals surface area (Å²) in [6.07, 6.45) is 3.31. The molecule has 0 aromatic carbocycles. The van der Waals surface area contributed by atoms with Gasteiger partial charge in [-0.2, -0.15) is 0 Å². The van der Waals surface area contributed by atoms with E-state index in [9.17, 15) is 0 Å². The third kappa shape index (κ3) is 5.68. The summed E-state index contributed by atoms with van der Waals surface area (Å²) in [6.45, 7) is 6.07. The van der Waals surface area contributed by atoms with Crippen molar-refractivity contribution in [2.45, 2.75) is 33.1 Å². The van der Waals surface area contributed by atoms with Gasteiger partial charge in [-0.1, -0.05) is 13.3 Å². The standard InChI is InChI=1S/C12H22N4S/c1-4-5-7-14-12(13-3)15-8-6-11-9-17-10(2)16-11/h9H,4-8H2,1-3H3,(H2,13,14,15). The van der Waals surface area contributed by atoms with Crippen LogP contribution in [0.2, 0.25) is 0 Å². The first-order chi connectivity index (χ1) is 8.26. The van der Waals surface area contributed by atoms with Crippen molar-refractivity contribution in [1.29, 1.82) is 0 Å². The molecule has 0 saturated heterocycles. The molecule has 0 unspecified atom stereocenters. The van der Waals surface area contributed by atoms with Gasteiger partial charge in [0.05, 0.1) is 10.7 Å². The maximum Gasteiger partial charge on any atom is 0.190 e. The van der Waals surface area contributed by atoms with E-state index in [0.717, 1.165) is 36.2 Å². The SMILES string of the molecule is CCCCNC(=NC)NCCc1csc(C)n1. The molecule has 0 radical (unpaired) electrons. The third-order valence-corrected chi connectivity index (χ3v) is 3.21. The predicted octanol–water partition coefficient (Wildman–Crippen LogP) is 1.96. The number of thiazole rings is 1. The van der Waals surface area contributed by atoms with Gasteiger partial charge in [-0.05, 0) is 13.3 Å². The fourth-order valence-corrected chi connectivity index (χ4v) is 2.08. The lowest BCUT2D eigenvalue weighted by molar-refractivity contribution is 0.725. The lowest BCUT2D eigenvalue weighted by Gasteiger charge is -2.10. The zero-order valence-corrected chi connectivity index (χ0v) is 11.7. The molecule has 96 valence electrons. The molecule has 0 aliphatic heterocycles. The van der Waals surface area contributed by atoms with Crippen molar-refractivity contribution in [2.75, 3.05) is 20.1 Å². The molecule has 4 nitrogen and oxygen atoms in total. The lowest BCUT2D eigenvalue weighted by atomic mass is 10.3. The minimum Gasteiger partial charge on any atom is -0.356 e. The Kier molecular flexibility index (Phi) is 6.62. The van der Waals surface area contributed by atoms with E-state index in [0.29, 0.717) is 0 Å². The van der Waals surface area contributed by atoms with Gasteiger partial charge in [0.2, 0.25) is 0 Å². The molecule has 0 aliphatic rings. The van der Waals surface area contributed by atoms with E-state index < -0.39 is 0 Å². The van der Waals surface area contributed by atoms with Gasteiger partial charge >= 0.3 is 0 Å². The molecule has 2 N–H and O–H groups in total. The third-order valence-electron chi connectivity index (χ3n) is 2.39. The van der Waals surface area contributed by atoms with Crippen LogP contribution in [0.1, 0.15) is 30.5 Å². The highest BCUT2D eigenvalue weighted by atomic mass is 32.1. The molecule has 0 spiro atoms. The Balaban J connectivity index is 2.19. The van der Waals surface area contributed by atoms with Crippen LogP contribution in [0.15, 0.2) is 10.4 Å². The molecule has 1 aromatic heterocycles. The van der Waals surface area contributed by atoms with Crippen molar-refractivity contribution in [3.63, 3.8) is 0 Å². The average molecular weight is 254 g/mol. The number of rotatable bonds is 6. The highest BCUT2D eigenvalue weighted by molar-refractivity contribution is 7.09. The van der Waals surface area contributed by atoms with Crippen LogP contribution < -0.4 is 10.6 Å². The second-order valence-electron chi connectivity index (χ2n) is 3.89. The zero-order chi connectivity index (χ0) is 12.5. The number of aryl methyl sites for hydroxylation is 1. The maximum absolute atomic E-state index is 4.43. The molecule has 0 atom stereocenters. The average Bonchev–Trinajstić information content (AvgIpc) is 2.73. The van der Waals surface area contributed by atoms with Gasteiger partial charge in [0.1, 0.15) is 0 Å². The van der Waals surface area contributed by atoms with Crippen molar-refractivity contribution < 1.29 is 0 Å². The van der Waals surface area contributed by atoms with Crippen molar-refractivity contribution in [2.24, 2.45) is 4.99 Å². The Hall–Kier alpha value is -1.10. The van der Waals surface area contributed by atoms with E-state index in [2.05, 4.69) is 32.9 Å². The molecule has 1 heterocycles. The molecule has 1 aromatic rings. The van der Waals surface area contributed by atoms with Crippen LogP contribution >= 0.6 is 11.3 Å². The first-order valence-corrected chi connectivity index (χ1v) is 6.99. The summed E-state index contributed by atoms with van der Waals surface area (Å²) in [5, 5.41) is 9.82. The molecule has 0 aliphatic carbocycles. The van der Waals surface area contributed by atoms with Gasteiger partial charge in [0.15, 0.2) is 5.96 Å². The van der Waals surface area contributed by atoms with Crippen LogP contribution in [0.4, 0.5) is 0 Å². The number of aliphatic imine (C=N–C) groups is 1. The van der Waals surface area contributed by atoms with E-state index in [-0.39, 0.29) is 0 Å². The minimum absolute atomic E-state index is 0.870. The first-order valence-electron chi connectivity index (χ1n) is 6.11.